The van der Waals surface area contributed by atoms with Crippen LogP contribution in [0.2, 0.25) is 0 Å². The fourth-order valence-corrected chi connectivity index (χ4v) is 3.21. The summed E-state index contributed by atoms with van der Waals surface area (Å²) in [6.07, 6.45) is 12.5. The van der Waals surface area contributed by atoms with E-state index >= 15 is 0 Å². The van der Waals surface area contributed by atoms with E-state index in [-0.39, 0.29) is 20.4 Å². The number of imidazole rings is 2. The Morgan fingerprint density at radius 1 is 0.750 bits per heavy atom. The van der Waals surface area contributed by atoms with E-state index in [4.69, 9.17) is 19.4 Å². The molecule has 10 nitrogen and oxygen atoms in total. The van der Waals surface area contributed by atoms with Crippen LogP contribution in [0.5, 0.6) is 11.8 Å². The van der Waals surface area contributed by atoms with Crippen LogP contribution in [-0.4, -0.2) is 53.3 Å². The largest absolute Gasteiger partial charge is 2.00 e. The quantitative estimate of drug-likeness (QED) is 0.279. The van der Waals surface area contributed by atoms with Gasteiger partial charge in [-0.05, 0) is 25.2 Å². The molecule has 0 saturated heterocycles. The Bertz CT molecular complexity index is 1140. The van der Waals surface area contributed by atoms with Crippen LogP contribution < -0.4 is 9.47 Å². The minimum absolute atomic E-state index is 0. The van der Waals surface area contributed by atoms with Gasteiger partial charge in [-0.2, -0.15) is 0 Å². The van der Waals surface area contributed by atoms with E-state index < -0.39 is 5.41 Å². The molecular weight excluding hydrogens is 503 g/mol. The number of hydrogen-bond acceptors (Lipinski definition) is 8. The van der Waals surface area contributed by atoms with Crippen molar-refractivity contribution in [1.29, 1.82) is 0 Å². The molecule has 0 N–H and O–H groups in total. The Morgan fingerprint density at radius 3 is 1.53 bits per heavy atom. The Balaban J connectivity index is 0.00000289. The van der Waals surface area contributed by atoms with Crippen molar-refractivity contribution in [3.63, 3.8) is 0 Å². The Morgan fingerprint density at radius 2 is 1.16 bits per heavy atom. The van der Waals surface area contributed by atoms with Gasteiger partial charge in [-0.1, -0.05) is 13.8 Å². The molecule has 4 aromatic heterocycles. The summed E-state index contributed by atoms with van der Waals surface area (Å²) in [4.78, 5) is 26.7. The number of rotatable bonds is 6. The number of aryl methyl sites for hydroxylation is 2. The first-order valence-electron chi connectivity index (χ1n) is 9.54. The van der Waals surface area contributed by atoms with Gasteiger partial charge in [-0.3, -0.25) is 19.9 Å². The van der Waals surface area contributed by atoms with Crippen LogP contribution in [0.4, 0.5) is 0 Å². The summed E-state index contributed by atoms with van der Waals surface area (Å²) in [6.45, 7) is 7.71. The van der Waals surface area contributed by atoms with Crippen LogP contribution in [-0.2, 0) is 25.8 Å². The molecule has 0 unspecified atom stereocenters. The third-order valence-corrected chi connectivity index (χ3v) is 5.03. The molecule has 0 fully saturated rings. The van der Waals surface area contributed by atoms with Crippen LogP contribution >= 0.6 is 0 Å². The van der Waals surface area contributed by atoms with Gasteiger partial charge in [0.05, 0.1) is 54.4 Å². The average molecular weight is 525 g/mol. The van der Waals surface area contributed by atoms with E-state index in [1.807, 2.05) is 27.7 Å². The molecule has 0 aromatic carbocycles. The topological polar surface area (TPSA) is 106 Å². The van der Waals surface area contributed by atoms with E-state index in [9.17, 15) is 0 Å². The molecule has 0 aliphatic heterocycles. The van der Waals surface area contributed by atoms with Gasteiger partial charge in [-0.25, -0.2) is 0 Å². The maximum atomic E-state index is 5.42. The van der Waals surface area contributed by atoms with Gasteiger partial charge in [0.2, 0.25) is 0 Å². The van der Waals surface area contributed by atoms with Gasteiger partial charge in [-0.15, -0.1) is 0 Å². The van der Waals surface area contributed by atoms with Gasteiger partial charge >= 0.3 is 20.4 Å². The van der Waals surface area contributed by atoms with Crippen LogP contribution in [0.1, 0.15) is 36.6 Å². The van der Waals surface area contributed by atoms with E-state index in [0.29, 0.717) is 46.2 Å². The Kier molecular flexibility index (Phi) is 6.72. The summed E-state index contributed by atoms with van der Waals surface area (Å²) in [5, 5.41) is 0. The summed E-state index contributed by atoms with van der Waals surface area (Å²) >= 11 is 0. The molecule has 4 aromatic rings. The van der Waals surface area contributed by atoms with Crippen molar-refractivity contribution in [2.24, 2.45) is 0 Å². The Labute approximate surface area is 199 Å². The van der Waals surface area contributed by atoms with Gasteiger partial charge < -0.3 is 28.6 Å². The maximum absolute atomic E-state index is 5.42. The molecule has 0 aliphatic carbocycles. The second-order valence-electron chi connectivity index (χ2n) is 7.43. The van der Waals surface area contributed by atoms with Gasteiger partial charge in [0, 0.05) is 37.4 Å². The molecule has 0 spiro atoms. The average Bonchev–Trinajstić information content (AvgIpc) is 3.35. The molecule has 32 heavy (non-hydrogen) atoms. The standard InChI is InChI=1S/C21H22N8O2.Pd/c1-13-19(30-5)28(11-24-13)17-9-22-7-15(26-17)21(3,4)16-8-23-10-18(27-16)29-12-25-14(2)20(29)31-6;/h7-10H,1-6H3;/q-2;+2. The molecule has 0 atom stereocenters. The van der Waals surface area contributed by atoms with Crippen LogP contribution in [0.25, 0.3) is 11.6 Å². The van der Waals surface area contributed by atoms with E-state index in [1.165, 1.54) is 0 Å². The van der Waals surface area contributed by atoms with Crippen molar-refractivity contribution in [2.75, 3.05) is 14.2 Å². The van der Waals surface area contributed by atoms with Crippen LogP contribution in [0.3, 0.4) is 0 Å². The smallest absolute Gasteiger partial charge is 0.531 e. The first-order chi connectivity index (χ1) is 14.9. The zero-order valence-corrected chi connectivity index (χ0v) is 20.1. The molecule has 0 bridgehead atoms. The summed E-state index contributed by atoms with van der Waals surface area (Å²) in [6, 6.07) is 0. The maximum Gasteiger partial charge on any atom is 2.00 e. The summed E-state index contributed by atoms with van der Waals surface area (Å²) in [5.74, 6) is 2.22. The van der Waals surface area contributed by atoms with Gasteiger partial charge in [0.1, 0.15) is 0 Å². The molecular formula is C21H22N8O2Pd. The van der Waals surface area contributed by atoms with E-state index in [2.05, 4.69) is 32.6 Å². The zero-order valence-electron chi connectivity index (χ0n) is 18.5. The summed E-state index contributed by atoms with van der Waals surface area (Å²) in [7, 11) is 3.17. The molecule has 0 amide bonds. The molecule has 4 rings (SSSR count). The van der Waals surface area contributed by atoms with Gasteiger partial charge in [0.15, 0.2) is 0 Å². The Hall–Kier alpha value is -3.16. The van der Waals surface area contributed by atoms with Crippen molar-refractivity contribution in [3.8, 4) is 23.4 Å². The van der Waals surface area contributed by atoms with E-state index in [1.54, 1.807) is 48.1 Å². The number of ether oxygens (including phenoxy) is 2. The number of methoxy groups -OCH3 is 2. The molecule has 168 valence electrons. The zero-order chi connectivity index (χ0) is 22.2. The molecule has 0 radical (unpaired) electrons. The monoisotopic (exact) mass is 524 g/mol. The van der Waals surface area contributed by atoms with Crippen LogP contribution in [0.15, 0.2) is 24.8 Å². The fraction of sp³-hybridized carbons (Fsp3) is 0.333. The summed E-state index contributed by atoms with van der Waals surface area (Å²) < 4.78 is 14.1. The molecule has 11 heteroatoms. The van der Waals surface area contributed by atoms with Crippen molar-refractivity contribution in [3.05, 3.63) is 60.2 Å². The third-order valence-electron chi connectivity index (χ3n) is 5.03. The second-order valence-corrected chi connectivity index (χ2v) is 7.43. The predicted molar refractivity (Wildman–Crippen MR) is 111 cm³/mol. The van der Waals surface area contributed by atoms with Crippen molar-refractivity contribution in [1.82, 2.24) is 39.0 Å². The van der Waals surface area contributed by atoms with E-state index in [0.717, 1.165) is 0 Å². The second kappa shape index (κ2) is 9.14. The first kappa shape index (κ1) is 23.5. The van der Waals surface area contributed by atoms with Crippen molar-refractivity contribution < 1.29 is 29.9 Å². The minimum Gasteiger partial charge on any atom is -0.531 e. The molecule has 0 aliphatic rings. The number of aromatic nitrogens is 8. The molecule has 0 saturated carbocycles. The fourth-order valence-electron chi connectivity index (χ4n) is 3.21. The normalized spacial score (nSPS) is 11.2. The minimum atomic E-state index is -0.599. The van der Waals surface area contributed by atoms with Gasteiger partial charge in [0.25, 0.3) is 0 Å². The van der Waals surface area contributed by atoms with Crippen LogP contribution in [0, 0.1) is 26.5 Å². The van der Waals surface area contributed by atoms with Crippen molar-refractivity contribution >= 4 is 0 Å². The number of hydrogen-bond donors (Lipinski definition) is 0. The third kappa shape index (κ3) is 4.01. The first-order valence-corrected chi connectivity index (χ1v) is 9.54. The SMILES string of the molecule is COc1c(C)n[c-]n1-c1cncc(C(C)(C)c2cncc(-n3[c-]nc(C)c3OC)n2)n1.[Pd+2]. The summed E-state index contributed by atoms with van der Waals surface area (Å²) in [5.41, 5.74) is 2.24. The molecule has 4 heterocycles. The van der Waals surface area contributed by atoms with Crippen molar-refractivity contribution in [2.45, 2.75) is 33.1 Å². The number of nitrogens with zero attached hydrogens (tertiary/aromatic N) is 8. The predicted octanol–water partition coefficient (Wildman–Crippen LogP) is 2.20.